The van der Waals surface area contributed by atoms with Crippen molar-refractivity contribution >= 4 is 17.0 Å². The van der Waals surface area contributed by atoms with Gasteiger partial charge in [-0.25, -0.2) is 4.79 Å². The molecule has 6 heteroatoms. The van der Waals surface area contributed by atoms with Crippen LogP contribution in [0.1, 0.15) is 31.9 Å². The predicted octanol–water partition coefficient (Wildman–Crippen LogP) is 1.03. The smallest absolute Gasteiger partial charge is 0.408 e. The molecule has 0 saturated carbocycles. The maximum Gasteiger partial charge on any atom is 0.419 e. The number of carbonyl (C=O) groups is 1. The molecule has 2 rings (SSSR count). The van der Waals surface area contributed by atoms with Crippen LogP contribution in [-0.4, -0.2) is 10.5 Å². The van der Waals surface area contributed by atoms with Gasteiger partial charge < -0.3 is 15.9 Å². The highest BCUT2D eigenvalue weighted by molar-refractivity contribution is 5.80. The van der Waals surface area contributed by atoms with Crippen molar-refractivity contribution in [3.8, 4) is 0 Å². The van der Waals surface area contributed by atoms with Gasteiger partial charge in [0.1, 0.15) is 0 Å². The molecule has 0 aliphatic heterocycles. The normalized spacial score (nSPS) is 13.6. The first-order chi connectivity index (χ1) is 9.22. The van der Waals surface area contributed by atoms with Crippen LogP contribution in [0, 0.1) is 5.41 Å². The summed E-state index contributed by atoms with van der Waals surface area (Å²) in [4.78, 5) is 22.8. The van der Waals surface area contributed by atoms with E-state index in [0.717, 1.165) is 5.56 Å². The Morgan fingerprint density at radius 1 is 1.45 bits per heavy atom. The highest BCUT2D eigenvalue weighted by Gasteiger charge is 2.28. The molecule has 1 unspecified atom stereocenters. The van der Waals surface area contributed by atoms with E-state index in [1.165, 1.54) is 4.57 Å². The van der Waals surface area contributed by atoms with Crippen LogP contribution >= 0.6 is 0 Å². The number of hydrogen-bond donors (Lipinski definition) is 2. The van der Waals surface area contributed by atoms with E-state index in [1.54, 1.807) is 33.0 Å². The zero-order valence-electron chi connectivity index (χ0n) is 11.8. The number of nitrogens with zero attached hydrogens (tertiary/aromatic N) is 1. The van der Waals surface area contributed by atoms with E-state index >= 15 is 0 Å². The molecule has 0 aliphatic rings. The van der Waals surface area contributed by atoms with Crippen LogP contribution in [0.3, 0.4) is 0 Å². The molecule has 0 saturated heterocycles. The van der Waals surface area contributed by atoms with Crippen LogP contribution in [-0.2, 0) is 11.8 Å². The van der Waals surface area contributed by atoms with Crippen molar-refractivity contribution in [1.82, 2.24) is 4.57 Å². The number of amides is 1. The summed E-state index contributed by atoms with van der Waals surface area (Å²) in [5, 5.41) is 0. The van der Waals surface area contributed by atoms with Gasteiger partial charge in [-0.2, -0.15) is 0 Å². The van der Waals surface area contributed by atoms with Crippen LogP contribution in [0.15, 0.2) is 27.4 Å². The lowest BCUT2D eigenvalue weighted by Crippen LogP contribution is -2.34. The molecular weight excluding hydrogens is 258 g/mol. The average Bonchev–Trinajstić information content (AvgIpc) is 2.64. The molecule has 1 heterocycles. The summed E-state index contributed by atoms with van der Waals surface area (Å²) < 4.78 is 6.56. The summed E-state index contributed by atoms with van der Waals surface area (Å²) in [7, 11) is 1.64. The van der Waals surface area contributed by atoms with Crippen molar-refractivity contribution < 1.29 is 9.21 Å². The van der Waals surface area contributed by atoms with Crippen molar-refractivity contribution in [3.63, 3.8) is 0 Å². The first kappa shape index (κ1) is 14.3. The number of rotatable bonds is 4. The Morgan fingerprint density at radius 3 is 2.70 bits per heavy atom. The molecule has 0 aliphatic carbocycles. The predicted molar refractivity (Wildman–Crippen MR) is 76.0 cm³/mol. The summed E-state index contributed by atoms with van der Waals surface area (Å²) >= 11 is 0. The second-order valence-corrected chi connectivity index (χ2v) is 5.71. The van der Waals surface area contributed by atoms with E-state index in [1.807, 2.05) is 6.07 Å². The zero-order valence-corrected chi connectivity index (χ0v) is 11.8. The number of primary amides is 1. The van der Waals surface area contributed by atoms with Crippen molar-refractivity contribution in [3.05, 3.63) is 34.3 Å². The quantitative estimate of drug-likeness (QED) is 0.870. The van der Waals surface area contributed by atoms with E-state index in [-0.39, 0.29) is 11.9 Å². The fourth-order valence-electron chi connectivity index (χ4n) is 2.15. The number of oxazole rings is 1. The van der Waals surface area contributed by atoms with Crippen molar-refractivity contribution in [2.24, 2.45) is 23.9 Å². The van der Waals surface area contributed by atoms with E-state index in [9.17, 15) is 9.59 Å². The summed E-state index contributed by atoms with van der Waals surface area (Å²) in [6.45, 7) is 3.52. The van der Waals surface area contributed by atoms with Crippen molar-refractivity contribution in [2.75, 3.05) is 0 Å². The number of fused-ring (bicyclic) bond motifs is 1. The van der Waals surface area contributed by atoms with Gasteiger partial charge in [0.05, 0.1) is 5.52 Å². The fraction of sp³-hybridized carbons (Fsp3) is 0.429. The molecule has 108 valence electrons. The molecule has 1 atom stereocenters. The molecule has 1 aromatic carbocycles. The zero-order chi connectivity index (χ0) is 15.1. The molecule has 0 fully saturated rings. The van der Waals surface area contributed by atoms with Crippen LogP contribution in [0.5, 0.6) is 0 Å². The van der Waals surface area contributed by atoms with Crippen LogP contribution in [0.2, 0.25) is 0 Å². The Bertz CT molecular complexity index is 712. The molecule has 0 spiro atoms. The number of aryl methyl sites for hydroxylation is 1. The summed E-state index contributed by atoms with van der Waals surface area (Å²) in [5.41, 5.74) is 12.8. The second-order valence-electron chi connectivity index (χ2n) is 5.71. The van der Waals surface area contributed by atoms with Crippen LogP contribution in [0.4, 0.5) is 0 Å². The molecule has 1 aromatic heterocycles. The van der Waals surface area contributed by atoms with Gasteiger partial charge in [-0.05, 0) is 24.1 Å². The highest BCUT2D eigenvalue weighted by Crippen LogP contribution is 2.29. The number of hydrogen-bond acceptors (Lipinski definition) is 4. The summed E-state index contributed by atoms with van der Waals surface area (Å²) in [6, 6.07) is 5.00. The van der Waals surface area contributed by atoms with Gasteiger partial charge in [-0.1, -0.05) is 19.9 Å². The Morgan fingerprint density at radius 2 is 2.10 bits per heavy atom. The highest BCUT2D eigenvalue weighted by atomic mass is 16.4. The Labute approximate surface area is 116 Å². The minimum Gasteiger partial charge on any atom is -0.408 e. The lowest BCUT2D eigenvalue weighted by atomic mass is 9.83. The van der Waals surface area contributed by atoms with Gasteiger partial charge in [0.2, 0.25) is 5.91 Å². The SMILES string of the molecule is Cn1c(=O)oc2cc(C(N)CC(C)(C)C(N)=O)ccc21. The first-order valence-electron chi connectivity index (χ1n) is 6.37. The fourth-order valence-corrected chi connectivity index (χ4v) is 2.15. The van der Waals surface area contributed by atoms with E-state index in [4.69, 9.17) is 15.9 Å². The third kappa shape index (κ3) is 2.46. The molecule has 0 radical (unpaired) electrons. The molecule has 6 nitrogen and oxygen atoms in total. The summed E-state index contributed by atoms with van der Waals surface area (Å²) in [6.07, 6.45) is 0.422. The van der Waals surface area contributed by atoms with E-state index in [0.29, 0.717) is 17.5 Å². The largest absolute Gasteiger partial charge is 0.419 e. The number of benzene rings is 1. The maximum absolute atomic E-state index is 11.4. The van der Waals surface area contributed by atoms with Gasteiger partial charge in [-0.3, -0.25) is 9.36 Å². The van der Waals surface area contributed by atoms with Crippen molar-refractivity contribution in [1.29, 1.82) is 0 Å². The van der Waals surface area contributed by atoms with Gasteiger partial charge >= 0.3 is 5.76 Å². The minimum atomic E-state index is -0.689. The first-order valence-corrected chi connectivity index (χ1v) is 6.37. The standard InChI is InChI=1S/C14H19N3O3/c1-14(2,12(16)18)7-9(15)8-4-5-10-11(6-8)20-13(19)17(10)3/h4-6,9H,7,15H2,1-3H3,(H2,16,18). The molecule has 20 heavy (non-hydrogen) atoms. The average molecular weight is 277 g/mol. The molecule has 4 N–H and O–H groups in total. The van der Waals surface area contributed by atoms with Gasteiger partial charge in [0.25, 0.3) is 0 Å². The maximum atomic E-state index is 11.4. The second kappa shape index (κ2) is 4.79. The van der Waals surface area contributed by atoms with Gasteiger partial charge in [0.15, 0.2) is 5.58 Å². The van der Waals surface area contributed by atoms with E-state index in [2.05, 4.69) is 0 Å². The number of nitrogens with two attached hydrogens (primary N) is 2. The topological polar surface area (TPSA) is 104 Å². The van der Waals surface area contributed by atoms with Crippen LogP contribution < -0.4 is 17.2 Å². The van der Waals surface area contributed by atoms with Gasteiger partial charge in [-0.15, -0.1) is 0 Å². The van der Waals surface area contributed by atoms with Crippen molar-refractivity contribution in [2.45, 2.75) is 26.3 Å². The molecule has 1 amide bonds. The molecular formula is C14H19N3O3. The van der Waals surface area contributed by atoms with Crippen LogP contribution in [0.25, 0.3) is 11.1 Å². The van der Waals surface area contributed by atoms with E-state index < -0.39 is 11.2 Å². The third-order valence-corrected chi connectivity index (χ3v) is 3.64. The number of aromatic nitrogens is 1. The third-order valence-electron chi connectivity index (χ3n) is 3.64. The minimum absolute atomic E-state index is 0.354. The Hall–Kier alpha value is -2.08. The van der Waals surface area contributed by atoms with Gasteiger partial charge in [0, 0.05) is 18.5 Å². The Kier molecular flexibility index (Phi) is 3.43. The molecule has 0 bridgehead atoms. The monoisotopic (exact) mass is 277 g/mol. The molecule has 2 aromatic rings. The lowest BCUT2D eigenvalue weighted by Gasteiger charge is -2.24. The number of carbonyl (C=O) groups excluding carboxylic acids is 1. The summed E-state index contributed by atoms with van der Waals surface area (Å²) in [5.74, 6) is -0.802. The Balaban J connectivity index is 2.34. The lowest BCUT2D eigenvalue weighted by molar-refractivity contribution is -0.126.